The monoisotopic (exact) mass is 418 g/mol. The second kappa shape index (κ2) is 6.74. The molecule has 3 heteroatoms. The van der Waals surface area contributed by atoms with Crippen LogP contribution in [0.3, 0.4) is 0 Å². The van der Waals surface area contributed by atoms with E-state index in [1.54, 1.807) is 18.2 Å². The Morgan fingerprint density at radius 2 is 1.88 bits per heavy atom. The number of fused-ring (bicyclic) bond motifs is 1. The van der Waals surface area contributed by atoms with Crippen molar-refractivity contribution >= 4 is 22.0 Å². The van der Waals surface area contributed by atoms with Crippen LogP contribution in [0.2, 0.25) is 0 Å². The van der Waals surface area contributed by atoms with Gasteiger partial charge in [-0.25, -0.2) is 0 Å². The lowest BCUT2D eigenvalue weighted by atomic mass is 9.47. The summed E-state index contributed by atoms with van der Waals surface area (Å²) in [4.78, 5) is 0.546. The fourth-order valence-corrected chi connectivity index (χ4v) is 6.25. The summed E-state index contributed by atoms with van der Waals surface area (Å²) >= 11 is 3.93. The van der Waals surface area contributed by atoms with Crippen LogP contribution in [0.15, 0.2) is 30.9 Å². The summed E-state index contributed by atoms with van der Waals surface area (Å²) in [6.45, 7) is 15.3. The van der Waals surface area contributed by atoms with Gasteiger partial charge in [0.25, 0.3) is 0 Å². The van der Waals surface area contributed by atoms with Crippen LogP contribution in [0, 0.1) is 22.7 Å². The van der Waals surface area contributed by atoms with Gasteiger partial charge in [-0.3, -0.25) is 0 Å². The summed E-state index contributed by atoms with van der Waals surface area (Å²) < 4.78 is 0. The van der Waals surface area contributed by atoms with Gasteiger partial charge < -0.3 is 10.2 Å². The molecule has 0 radical (unpaired) electrons. The number of hydrogen-bond donors (Lipinski definition) is 2. The lowest BCUT2D eigenvalue weighted by Gasteiger charge is -2.59. The van der Waals surface area contributed by atoms with Gasteiger partial charge in [-0.05, 0) is 72.5 Å². The highest BCUT2D eigenvalue weighted by molar-refractivity contribution is 9.09. The molecule has 2 aliphatic carbocycles. The molecule has 4 atom stereocenters. The molecule has 0 saturated heterocycles. The largest absolute Gasteiger partial charge is 0.508 e. The summed E-state index contributed by atoms with van der Waals surface area (Å²) in [5.41, 5.74) is 3.07. The first-order valence-corrected chi connectivity index (χ1v) is 10.5. The second-order valence-electron chi connectivity index (χ2n) is 9.08. The van der Waals surface area contributed by atoms with Gasteiger partial charge in [0.15, 0.2) is 0 Å². The van der Waals surface area contributed by atoms with E-state index in [-0.39, 0.29) is 22.3 Å². The minimum Gasteiger partial charge on any atom is -0.508 e. The summed E-state index contributed by atoms with van der Waals surface area (Å²) in [7, 11) is 0. The molecule has 2 saturated carbocycles. The maximum atomic E-state index is 10.5. The van der Waals surface area contributed by atoms with E-state index in [2.05, 4.69) is 49.9 Å². The lowest BCUT2D eigenvalue weighted by molar-refractivity contribution is -0.0461. The number of halogens is 1. The molecule has 0 bridgehead atoms. The third-order valence-corrected chi connectivity index (χ3v) is 8.99. The summed E-state index contributed by atoms with van der Waals surface area (Å²) in [5, 5.41) is 20.7. The molecule has 3 rings (SSSR count). The predicted octanol–water partition coefficient (Wildman–Crippen LogP) is 6.46. The third-order valence-electron chi connectivity index (χ3n) is 7.35. The van der Waals surface area contributed by atoms with E-state index in [9.17, 15) is 10.2 Å². The quantitative estimate of drug-likeness (QED) is 0.336. The molecule has 142 valence electrons. The summed E-state index contributed by atoms with van der Waals surface area (Å²) in [5.74, 6) is 1.36. The SMILES string of the molecule is C=Cc1cc(O)c(C[C@@H]2C(=C)CC[C@@H]3C(C)(C)[C@@H](Br)CC[C@]23C)cc1O. The number of phenolic OH excluding ortho intramolecular Hbond substituents is 2. The second-order valence-corrected chi connectivity index (χ2v) is 10.2. The Kier molecular flexibility index (Phi) is 5.07. The predicted molar refractivity (Wildman–Crippen MR) is 113 cm³/mol. The molecule has 1 aromatic carbocycles. The average Bonchev–Trinajstić information content (AvgIpc) is 2.57. The van der Waals surface area contributed by atoms with Gasteiger partial charge in [-0.2, -0.15) is 0 Å². The number of alkyl halides is 1. The highest BCUT2D eigenvalue weighted by Crippen LogP contribution is 2.62. The minimum absolute atomic E-state index is 0.169. The van der Waals surface area contributed by atoms with Crippen LogP contribution in [0.25, 0.3) is 6.08 Å². The molecule has 0 amide bonds. The molecular formula is C23H31BrO2. The van der Waals surface area contributed by atoms with Crippen molar-refractivity contribution in [2.45, 2.75) is 57.7 Å². The summed E-state index contributed by atoms with van der Waals surface area (Å²) in [6.07, 6.45) is 6.86. The van der Waals surface area contributed by atoms with E-state index >= 15 is 0 Å². The number of benzene rings is 1. The molecule has 0 aromatic heterocycles. The van der Waals surface area contributed by atoms with Crippen molar-refractivity contribution in [3.8, 4) is 11.5 Å². The van der Waals surface area contributed by atoms with Gasteiger partial charge in [0, 0.05) is 10.4 Å². The number of rotatable bonds is 3. The molecule has 0 spiro atoms. The van der Waals surface area contributed by atoms with Crippen molar-refractivity contribution in [3.63, 3.8) is 0 Å². The van der Waals surface area contributed by atoms with E-state index in [0.29, 0.717) is 22.2 Å². The zero-order valence-electron chi connectivity index (χ0n) is 16.2. The van der Waals surface area contributed by atoms with Crippen LogP contribution < -0.4 is 0 Å². The van der Waals surface area contributed by atoms with Gasteiger partial charge in [0.2, 0.25) is 0 Å². The third kappa shape index (κ3) is 3.02. The Balaban J connectivity index is 1.97. The highest BCUT2D eigenvalue weighted by atomic mass is 79.9. The number of hydrogen-bond acceptors (Lipinski definition) is 2. The zero-order valence-corrected chi connectivity index (χ0v) is 17.8. The fraction of sp³-hybridized carbons (Fsp3) is 0.565. The molecule has 2 N–H and O–H groups in total. The van der Waals surface area contributed by atoms with Crippen LogP contribution in [-0.2, 0) is 6.42 Å². The smallest absolute Gasteiger partial charge is 0.123 e. The molecule has 0 unspecified atom stereocenters. The lowest BCUT2D eigenvalue weighted by Crippen LogP contribution is -2.53. The van der Waals surface area contributed by atoms with Gasteiger partial charge >= 0.3 is 0 Å². The van der Waals surface area contributed by atoms with E-state index < -0.39 is 0 Å². The van der Waals surface area contributed by atoms with Crippen LogP contribution in [0.5, 0.6) is 11.5 Å². The van der Waals surface area contributed by atoms with Crippen LogP contribution in [0.4, 0.5) is 0 Å². The first-order valence-electron chi connectivity index (χ1n) is 9.60. The first-order chi connectivity index (χ1) is 12.1. The molecule has 2 aliphatic rings. The van der Waals surface area contributed by atoms with Gasteiger partial charge in [0.1, 0.15) is 11.5 Å². The fourth-order valence-electron chi connectivity index (χ4n) is 5.70. The first kappa shape index (κ1) is 19.5. The van der Waals surface area contributed by atoms with E-state index in [1.807, 2.05) is 0 Å². The molecule has 26 heavy (non-hydrogen) atoms. The Labute approximate surface area is 166 Å². The van der Waals surface area contributed by atoms with Crippen molar-refractivity contribution in [3.05, 3.63) is 42.0 Å². The standard InChI is InChI=1S/C23H31BrO2/c1-6-15-12-19(26)16(13-18(15)25)11-17-14(2)7-8-20-22(3,4)21(24)9-10-23(17,20)5/h6,12-13,17,20-21,25-26H,1-2,7-11H2,3-5H3/t17-,20-,21+,23-/m1/s1. The average molecular weight is 419 g/mol. The van der Waals surface area contributed by atoms with E-state index in [0.717, 1.165) is 31.2 Å². The number of phenols is 2. The molecule has 0 heterocycles. The Morgan fingerprint density at radius 1 is 1.19 bits per heavy atom. The molecule has 1 aromatic rings. The number of aromatic hydroxyl groups is 2. The molecule has 2 fully saturated rings. The Bertz CT molecular complexity index is 736. The van der Waals surface area contributed by atoms with Crippen LogP contribution in [0.1, 0.15) is 57.6 Å². The van der Waals surface area contributed by atoms with Crippen LogP contribution in [-0.4, -0.2) is 15.0 Å². The van der Waals surface area contributed by atoms with E-state index in [1.165, 1.54) is 12.0 Å². The van der Waals surface area contributed by atoms with Gasteiger partial charge in [0.05, 0.1) is 0 Å². The maximum absolute atomic E-state index is 10.5. The molecule has 0 aliphatic heterocycles. The van der Waals surface area contributed by atoms with Crippen molar-refractivity contribution in [2.24, 2.45) is 22.7 Å². The highest BCUT2D eigenvalue weighted by Gasteiger charge is 2.55. The normalized spacial score (nSPS) is 33.5. The minimum atomic E-state index is 0.169. The van der Waals surface area contributed by atoms with Crippen molar-refractivity contribution in [1.82, 2.24) is 0 Å². The van der Waals surface area contributed by atoms with Crippen molar-refractivity contribution < 1.29 is 10.2 Å². The van der Waals surface area contributed by atoms with Crippen molar-refractivity contribution in [2.75, 3.05) is 0 Å². The Hall–Kier alpha value is -1.22. The van der Waals surface area contributed by atoms with Crippen molar-refractivity contribution in [1.29, 1.82) is 0 Å². The van der Waals surface area contributed by atoms with E-state index in [4.69, 9.17) is 0 Å². The zero-order chi connectivity index (χ0) is 19.3. The Morgan fingerprint density at radius 3 is 2.54 bits per heavy atom. The van der Waals surface area contributed by atoms with Gasteiger partial charge in [-0.15, -0.1) is 0 Å². The van der Waals surface area contributed by atoms with Gasteiger partial charge in [-0.1, -0.05) is 61.5 Å². The molecular weight excluding hydrogens is 388 g/mol. The maximum Gasteiger partial charge on any atom is 0.123 e. The topological polar surface area (TPSA) is 40.5 Å². The number of allylic oxidation sites excluding steroid dienone is 1. The van der Waals surface area contributed by atoms with Crippen LogP contribution >= 0.6 is 15.9 Å². The molecule has 2 nitrogen and oxygen atoms in total. The summed E-state index contributed by atoms with van der Waals surface area (Å²) in [6, 6.07) is 3.32.